The van der Waals surface area contributed by atoms with Crippen molar-refractivity contribution in [2.24, 2.45) is 11.3 Å². The Morgan fingerprint density at radius 1 is 1.25 bits per heavy atom. The first-order valence-electron chi connectivity index (χ1n) is 6.63. The Morgan fingerprint density at radius 3 is 2.44 bits per heavy atom. The molecule has 0 radical (unpaired) electrons. The van der Waals surface area contributed by atoms with Crippen LogP contribution in [0.2, 0.25) is 0 Å². The van der Waals surface area contributed by atoms with Gasteiger partial charge < -0.3 is 4.74 Å². The molecule has 0 atom stereocenters. The summed E-state index contributed by atoms with van der Waals surface area (Å²) in [5.41, 5.74) is 0.397. The number of ether oxygens (including phenoxy) is 1. The van der Waals surface area contributed by atoms with Crippen molar-refractivity contribution in [2.45, 2.75) is 65.2 Å². The molecule has 0 spiro atoms. The van der Waals surface area contributed by atoms with E-state index in [1.807, 2.05) is 0 Å². The third-order valence-electron chi connectivity index (χ3n) is 4.14. The van der Waals surface area contributed by atoms with Gasteiger partial charge in [-0.3, -0.25) is 4.79 Å². The van der Waals surface area contributed by atoms with Crippen molar-refractivity contribution in [2.75, 3.05) is 7.11 Å². The normalized spacial score (nSPS) is 18.4. The summed E-state index contributed by atoms with van der Waals surface area (Å²) in [7, 11) is 1.47. The average Bonchev–Trinajstić information content (AvgIpc) is 2.30. The van der Waals surface area contributed by atoms with Crippen LogP contribution in [0.4, 0.5) is 0 Å². The van der Waals surface area contributed by atoms with Crippen LogP contribution >= 0.6 is 0 Å². The molecular weight excluding hydrogens is 200 g/mol. The van der Waals surface area contributed by atoms with Crippen molar-refractivity contribution in [3.05, 3.63) is 0 Å². The minimum Gasteiger partial charge on any atom is -0.469 e. The Hall–Kier alpha value is -0.530. The predicted molar refractivity (Wildman–Crippen MR) is 66.2 cm³/mol. The lowest BCUT2D eigenvalue weighted by Crippen LogP contribution is -2.26. The van der Waals surface area contributed by atoms with Gasteiger partial charge in [0.05, 0.1) is 7.11 Å². The molecule has 0 N–H and O–H groups in total. The molecule has 2 heteroatoms. The molecule has 0 saturated heterocycles. The van der Waals surface area contributed by atoms with Gasteiger partial charge in [-0.05, 0) is 37.0 Å². The molecule has 1 aliphatic carbocycles. The maximum atomic E-state index is 11.1. The number of hydrogen-bond acceptors (Lipinski definition) is 2. The lowest BCUT2D eigenvalue weighted by Gasteiger charge is -2.37. The number of esters is 1. The molecule has 0 aliphatic heterocycles. The standard InChI is InChI=1S/C14H26O2/c1-14(2,11-7-10-13(15)16-3)12-8-5-4-6-9-12/h12H,4-11H2,1-3H3. The van der Waals surface area contributed by atoms with Gasteiger partial charge in [0.1, 0.15) is 0 Å². The van der Waals surface area contributed by atoms with Crippen LogP contribution in [0.3, 0.4) is 0 Å². The number of hydrogen-bond donors (Lipinski definition) is 0. The molecule has 16 heavy (non-hydrogen) atoms. The van der Waals surface area contributed by atoms with Gasteiger partial charge in [0, 0.05) is 6.42 Å². The maximum Gasteiger partial charge on any atom is 0.305 e. The topological polar surface area (TPSA) is 26.3 Å². The SMILES string of the molecule is COC(=O)CCCC(C)(C)C1CCCCC1. The summed E-state index contributed by atoms with van der Waals surface area (Å²) in [5, 5.41) is 0. The van der Waals surface area contributed by atoms with E-state index >= 15 is 0 Å². The first-order chi connectivity index (χ1) is 7.56. The third-order valence-corrected chi connectivity index (χ3v) is 4.14. The van der Waals surface area contributed by atoms with Crippen molar-refractivity contribution < 1.29 is 9.53 Å². The van der Waals surface area contributed by atoms with Crippen molar-refractivity contribution in [1.82, 2.24) is 0 Å². The van der Waals surface area contributed by atoms with Crippen LogP contribution in [0.1, 0.15) is 65.2 Å². The molecule has 1 aliphatic rings. The van der Waals surface area contributed by atoms with Crippen LogP contribution in [-0.2, 0) is 9.53 Å². The molecular formula is C14H26O2. The second-order valence-corrected chi connectivity index (χ2v) is 5.75. The minimum absolute atomic E-state index is 0.0700. The fourth-order valence-electron chi connectivity index (χ4n) is 2.88. The minimum atomic E-state index is -0.0700. The van der Waals surface area contributed by atoms with E-state index in [0.29, 0.717) is 11.8 Å². The molecule has 1 fully saturated rings. The first-order valence-corrected chi connectivity index (χ1v) is 6.63. The summed E-state index contributed by atoms with van der Waals surface area (Å²) in [6, 6.07) is 0. The van der Waals surface area contributed by atoms with Gasteiger partial charge >= 0.3 is 5.97 Å². The fourth-order valence-corrected chi connectivity index (χ4v) is 2.88. The molecule has 0 aromatic carbocycles. The van der Waals surface area contributed by atoms with E-state index in [2.05, 4.69) is 18.6 Å². The third kappa shape index (κ3) is 4.15. The smallest absolute Gasteiger partial charge is 0.305 e. The van der Waals surface area contributed by atoms with E-state index in [9.17, 15) is 4.79 Å². The predicted octanol–water partition coefficient (Wildman–Crippen LogP) is 3.94. The summed E-state index contributed by atoms with van der Waals surface area (Å²) < 4.78 is 4.67. The molecule has 1 rings (SSSR count). The van der Waals surface area contributed by atoms with Crippen LogP contribution in [0.25, 0.3) is 0 Å². The molecule has 0 heterocycles. The van der Waals surface area contributed by atoms with E-state index in [-0.39, 0.29) is 5.97 Å². The van der Waals surface area contributed by atoms with Gasteiger partial charge in [-0.1, -0.05) is 33.1 Å². The first kappa shape index (κ1) is 13.5. The number of methoxy groups -OCH3 is 1. The molecule has 1 saturated carbocycles. The Balaban J connectivity index is 2.29. The van der Waals surface area contributed by atoms with E-state index in [0.717, 1.165) is 18.8 Å². The van der Waals surface area contributed by atoms with E-state index < -0.39 is 0 Å². The van der Waals surface area contributed by atoms with E-state index in [4.69, 9.17) is 0 Å². The average molecular weight is 226 g/mol. The highest BCUT2D eigenvalue weighted by Gasteiger charge is 2.30. The zero-order valence-corrected chi connectivity index (χ0v) is 11.1. The second-order valence-electron chi connectivity index (χ2n) is 5.75. The van der Waals surface area contributed by atoms with Gasteiger partial charge in [0.15, 0.2) is 0 Å². The highest BCUT2D eigenvalue weighted by Crippen LogP contribution is 2.41. The fraction of sp³-hybridized carbons (Fsp3) is 0.929. The maximum absolute atomic E-state index is 11.1. The van der Waals surface area contributed by atoms with Gasteiger partial charge in [0.2, 0.25) is 0 Å². The molecule has 0 aromatic rings. The van der Waals surface area contributed by atoms with Crippen LogP contribution in [0.5, 0.6) is 0 Å². The van der Waals surface area contributed by atoms with Crippen molar-refractivity contribution in [3.63, 3.8) is 0 Å². The molecule has 0 unspecified atom stereocenters. The summed E-state index contributed by atoms with van der Waals surface area (Å²) in [4.78, 5) is 11.1. The van der Waals surface area contributed by atoms with Crippen LogP contribution in [0.15, 0.2) is 0 Å². The lowest BCUT2D eigenvalue weighted by molar-refractivity contribution is -0.140. The molecule has 94 valence electrons. The monoisotopic (exact) mass is 226 g/mol. The van der Waals surface area contributed by atoms with Crippen molar-refractivity contribution in [3.8, 4) is 0 Å². The van der Waals surface area contributed by atoms with Gasteiger partial charge in [0.25, 0.3) is 0 Å². The van der Waals surface area contributed by atoms with Crippen molar-refractivity contribution in [1.29, 1.82) is 0 Å². The summed E-state index contributed by atoms with van der Waals surface area (Å²) >= 11 is 0. The Labute approximate surface area is 99.8 Å². The van der Waals surface area contributed by atoms with Crippen LogP contribution in [-0.4, -0.2) is 13.1 Å². The van der Waals surface area contributed by atoms with Crippen molar-refractivity contribution >= 4 is 5.97 Å². The molecule has 0 bridgehead atoms. The number of rotatable bonds is 5. The lowest BCUT2D eigenvalue weighted by atomic mass is 9.69. The Bertz CT molecular complexity index is 215. The summed E-state index contributed by atoms with van der Waals surface area (Å²) in [6.45, 7) is 4.72. The highest BCUT2D eigenvalue weighted by molar-refractivity contribution is 5.68. The Morgan fingerprint density at radius 2 is 1.88 bits per heavy atom. The zero-order valence-electron chi connectivity index (χ0n) is 11.1. The summed E-state index contributed by atoms with van der Waals surface area (Å²) in [5.74, 6) is 0.790. The van der Waals surface area contributed by atoms with Gasteiger partial charge in [-0.2, -0.15) is 0 Å². The van der Waals surface area contributed by atoms with Gasteiger partial charge in [-0.25, -0.2) is 0 Å². The van der Waals surface area contributed by atoms with E-state index in [1.54, 1.807) is 0 Å². The largest absolute Gasteiger partial charge is 0.469 e. The van der Waals surface area contributed by atoms with Crippen LogP contribution < -0.4 is 0 Å². The van der Waals surface area contributed by atoms with Gasteiger partial charge in [-0.15, -0.1) is 0 Å². The quantitative estimate of drug-likeness (QED) is 0.664. The molecule has 2 nitrogen and oxygen atoms in total. The number of carbonyl (C=O) groups is 1. The summed E-state index contributed by atoms with van der Waals surface area (Å²) in [6.07, 6.45) is 9.65. The molecule has 0 aromatic heterocycles. The zero-order chi connectivity index (χ0) is 12.0. The Kier molecular flexibility index (Phi) is 5.30. The van der Waals surface area contributed by atoms with Crippen LogP contribution in [0, 0.1) is 11.3 Å². The second kappa shape index (κ2) is 6.27. The van der Waals surface area contributed by atoms with E-state index in [1.165, 1.54) is 39.2 Å². The number of carbonyl (C=O) groups excluding carboxylic acids is 1. The molecule has 0 amide bonds. The highest BCUT2D eigenvalue weighted by atomic mass is 16.5.